The number of fused-ring (bicyclic) bond motifs is 1. The van der Waals surface area contributed by atoms with Crippen LogP contribution >= 0.6 is 0 Å². The Balaban J connectivity index is 0.000000451. The van der Waals surface area contributed by atoms with Crippen LogP contribution in [0.4, 0.5) is 17.6 Å². The molecule has 0 aliphatic rings. The van der Waals surface area contributed by atoms with E-state index in [0.717, 1.165) is 22.5 Å². The van der Waals surface area contributed by atoms with Gasteiger partial charge in [0.1, 0.15) is 5.82 Å². The molecule has 1 amide bonds. The second kappa shape index (κ2) is 9.21. The smallest absolute Gasteiger partial charge is 0.475 e. The lowest BCUT2D eigenvalue weighted by molar-refractivity contribution is -0.192. The molecule has 0 spiro atoms. The fourth-order valence-corrected chi connectivity index (χ4v) is 3.23. The van der Waals surface area contributed by atoms with Crippen molar-refractivity contribution in [2.45, 2.75) is 32.9 Å². The molecule has 0 aliphatic carbocycles. The zero-order valence-corrected chi connectivity index (χ0v) is 17.5. The minimum Gasteiger partial charge on any atom is -0.475 e. The van der Waals surface area contributed by atoms with Gasteiger partial charge in [0.25, 0.3) is 5.91 Å². The molecule has 2 heterocycles. The average molecular weight is 451 g/mol. The Bertz CT molecular complexity index is 1180. The number of aryl methyl sites for hydroxylation is 2. The van der Waals surface area contributed by atoms with E-state index in [0.29, 0.717) is 16.5 Å². The number of halogens is 4. The van der Waals surface area contributed by atoms with E-state index in [1.54, 1.807) is 12.3 Å². The second-order valence-corrected chi connectivity index (χ2v) is 7.05. The van der Waals surface area contributed by atoms with Crippen LogP contribution in [0.15, 0.2) is 31.0 Å². The van der Waals surface area contributed by atoms with E-state index >= 15 is 0 Å². The summed E-state index contributed by atoms with van der Waals surface area (Å²) in [6.07, 6.45) is -1.70. The average Bonchev–Trinajstić information content (AvgIpc) is 3.01. The van der Waals surface area contributed by atoms with Crippen LogP contribution in [0.25, 0.3) is 17.0 Å². The molecular formula is C22H21F4N3O3. The minimum atomic E-state index is -5.08. The fraction of sp³-hybridized carbons (Fsp3) is 0.227. The largest absolute Gasteiger partial charge is 0.490 e. The highest BCUT2D eigenvalue weighted by molar-refractivity contribution is 6.07. The number of rotatable bonds is 4. The van der Waals surface area contributed by atoms with Crippen molar-refractivity contribution < 1.29 is 32.3 Å². The first-order chi connectivity index (χ1) is 14.8. The zero-order chi connectivity index (χ0) is 24.4. The lowest BCUT2D eigenvalue weighted by Gasteiger charge is -2.17. The number of nitrogens with one attached hydrogen (secondary N) is 1. The van der Waals surface area contributed by atoms with Crippen LogP contribution in [0.3, 0.4) is 0 Å². The first kappa shape index (κ1) is 24.6. The van der Waals surface area contributed by atoms with Gasteiger partial charge in [-0.05, 0) is 43.2 Å². The summed E-state index contributed by atoms with van der Waals surface area (Å²) in [4.78, 5) is 28.1. The predicted molar refractivity (Wildman–Crippen MR) is 112 cm³/mol. The summed E-state index contributed by atoms with van der Waals surface area (Å²) in [5.41, 5.74) is 10.2. The summed E-state index contributed by atoms with van der Waals surface area (Å²) in [6, 6.07) is 4.98. The van der Waals surface area contributed by atoms with E-state index in [-0.39, 0.29) is 11.5 Å². The molecule has 1 atom stereocenters. The van der Waals surface area contributed by atoms with Crippen LogP contribution in [0.1, 0.15) is 51.3 Å². The number of nitrogens with two attached hydrogens (primary N) is 1. The van der Waals surface area contributed by atoms with Crippen LogP contribution in [0.2, 0.25) is 0 Å². The monoisotopic (exact) mass is 451 g/mol. The molecule has 0 fully saturated rings. The molecule has 32 heavy (non-hydrogen) atoms. The molecule has 6 nitrogen and oxygen atoms in total. The Morgan fingerprint density at radius 2 is 1.88 bits per heavy atom. The second-order valence-electron chi connectivity index (χ2n) is 7.05. The lowest BCUT2D eigenvalue weighted by Crippen LogP contribution is -2.21. The van der Waals surface area contributed by atoms with Crippen LogP contribution < -0.4 is 5.73 Å². The minimum absolute atomic E-state index is 0.166. The van der Waals surface area contributed by atoms with Crippen molar-refractivity contribution in [1.29, 1.82) is 0 Å². The highest BCUT2D eigenvalue weighted by Gasteiger charge is 2.38. The lowest BCUT2D eigenvalue weighted by atomic mass is 9.88. The fourth-order valence-electron chi connectivity index (χ4n) is 3.23. The van der Waals surface area contributed by atoms with Gasteiger partial charge >= 0.3 is 12.1 Å². The maximum atomic E-state index is 15.0. The normalized spacial score (nSPS) is 12.1. The number of carbonyl (C=O) groups is 2. The molecule has 0 radical (unpaired) electrons. The number of hydrogen-bond acceptors (Lipinski definition) is 3. The molecule has 0 saturated heterocycles. The molecule has 0 aliphatic heterocycles. The number of hydrogen-bond donors (Lipinski definition) is 3. The van der Waals surface area contributed by atoms with Crippen molar-refractivity contribution in [2.75, 3.05) is 0 Å². The number of H-pyrrole nitrogens is 1. The van der Waals surface area contributed by atoms with Crippen molar-refractivity contribution in [3.8, 4) is 0 Å². The van der Waals surface area contributed by atoms with Gasteiger partial charge in [0.15, 0.2) is 0 Å². The van der Waals surface area contributed by atoms with Gasteiger partial charge < -0.3 is 15.8 Å². The number of nitrogens with zero attached hydrogens (tertiary/aromatic N) is 1. The Hall–Kier alpha value is -3.69. The van der Waals surface area contributed by atoms with Crippen LogP contribution in [0, 0.1) is 19.7 Å². The maximum Gasteiger partial charge on any atom is 0.490 e. The van der Waals surface area contributed by atoms with Gasteiger partial charge in [-0.2, -0.15) is 13.2 Å². The summed E-state index contributed by atoms with van der Waals surface area (Å²) in [5, 5.41) is 7.84. The molecular weight excluding hydrogens is 430 g/mol. The summed E-state index contributed by atoms with van der Waals surface area (Å²) in [5.74, 6) is -4.08. The number of amides is 1. The van der Waals surface area contributed by atoms with E-state index in [4.69, 9.17) is 15.6 Å². The maximum absolute atomic E-state index is 15.0. The van der Waals surface area contributed by atoms with Gasteiger partial charge in [0, 0.05) is 28.8 Å². The molecule has 0 bridgehead atoms. The van der Waals surface area contributed by atoms with Gasteiger partial charge in [-0.15, -0.1) is 0 Å². The van der Waals surface area contributed by atoms with Gasteiger partial charge in [-0.1, -0.05) is 19.6 Å². The highest BCUT2D eigenvalue weighted by Crippen LogP contribution is 2.37. The molecule has 4 N–H and O–H groups in total. The van der Waals surface area contributed by atoms with Gasteiger partial charge in [0.2, 0.25) is 0 Å². The summed E-state index contributed by atoms with van der Waals surface area (Å²) < 4.78 is 46.7. The number of pyridine rings is 1. The third kappa shape index (κ3) is 4.96. The quantitative estimate of drug-likeness (QED) is 0.493. The van der Waals surface area contributed by atoms with E-state index in [1.807, 2.05) is 32.9 Å². The molecule has 2 aromatic heterocycles. The number of aromatic amines is 1. The molecule has 3 rings (SSSR count). The summed E-state index contributed by atoms with van der Waals surface area (Å²) >= 11 is 0. The van der Waals surface area contributed by atoms with Crippen molar-refractivity contribution in [1.82, 2.24) is 9.97 Å². The Kier molecular flexibility index (Phi) is 7.07. The van der Waals surface area contributed by atoms with E-state index in [2.05, 4.69) is 16.5 Å². The standard InChI is InChI=1S/C20H20FN3O.C2HF3O2/c1-5-14-7-6-13(9-23-14)11(3)17-16(21)8-15(20(22)25)19-18(17)10(2)12(4)24-19;3-2(4,5)1(6)7/h5-9,11,24H,1H2,2-4H3,(H2,22,25);(H,6,7). The molecule has 0 saturated carbocycles. The third-order valence-corrected chi connectivity index (χ3v) is 5.03. The highest BCUT2D eigenvalue weighted by atomic mass is 19.4. The topological polar surface area (TPSA) is 109 Å². The van der Waals surface area contributed by atoms with Crippen molar-refractivity contribution in [3.05, 3.63) is 70.4 Å². The Labute approximate surface area is 180 Å². The predicted octanol–water partition coefficient (Wildman–Crippen LogP) is 4.85. The number of aromatic nitrogens is 2. The number of carboxylic acids is 1. The van der Waals surface area contributed by atoms with Crippen LogP contribution in [0.5, 0.6) is 0 Å². The van der Waals surface area contributed by atoms with Crippen LogP contribution in [-0.4, -0.2) is 33.1 Å². The SMILES string of the molecule is C=Cc1ccc(C(C)c2c(F)cc(C(N)=O)c3[nH]c(C)c(C)c23)cn1.O=C(O)C(F)(F)F. The van der Waals surface area contributed by atoms with E-state index in [9.17, 15) is 22.4 Å². The van der Waals surface area contributed by atoms with Crippen molar-refractivity contribution in [3.63, 3.8) is 0 Å². The van der Waals surface area contributed by atoms with Gasteiger partial charge in [-0.3, -0.25) is 9.78 Å². The molecule has 170 valence electrons. The zero-order valence-electron chi connectivity index (χ0n) is 17.5. The number of benzene rings is 1. The first-order valence-electron chi connectivity index (χ1n) is 9.29. The first-order valence-corrected chi connectivity index (χ1v) is 9.29. The van der Waals surface area contributed by atoms with Gasteiger partial charge in [0.05, 0.1) is 16.8 Å². The Morgan fingerprint density at radius 3 is 2.31 bits per heavy atom. The summed E-state index contributed by atoms with van der Waals surface area (Å²) in [6.45, 7) is 9.42. The molecule has 1 aromatic carbocycles. The molecule has 3 aromatic rings. The number of alkyl halides is 3. The molecule has 10 heteroatoms. The van der Waals surface area contributed by atoms with Gasteiger partial charge in [-0.25, -0.2) is 9.18 Å². The number of aliphatic carboxylic acids is 1. The number of carboxylic acid groups (broad SMARTS) is 1. The van der Waals surface area contributed by atoms with E-state index < -0.39 is 23.9 Å². The van der Waals surface area contributed by atoms with Crippen LogP contribution in [-0.2, 0) is 4.79 Å². The Morgan fingerprint density at radius 1 is 1.28 bits per heavy atom. The van der Waals surface area contributed by atoms with Crippen molar-refractivity contribution >= 4 is 28.9 Å². The van der Waals surface area contributed by atoms with E-state index in [1.165, 1.54) is 6.07 Å². The van der Waals surface area contributed by atoms with Crippen molar-refractivity contribution in [2.24, 2.45) is 5.73 Å². The number of primary amides is 1. The summed E-state index contributed by atoms with van der Waals surface area (Å²) in [7, 11) is 0. The number of carbonyl (C=O) groups excluding carboxylic acids is 1. The third-order valence-electron chi connectivity index (χ3n) is 5.03. The molecule has 1 unspecified atom stereocenters.